The van der Waals surface area contributed by atoms with Crippen LogP contribution in [0.5, 0.6) is 0 Å². The van der Waals surface area contributed by atoms with Crippen molar-refractivity contribution in [3.8, 4) is 0 Å². The molecule has 3 N–H and O–H groups in total. The van der Waals surface area contributed by atoms with E-state index in [-0.39, 0.29) is 21.4 Å². The Bertz CT molecular complexity index is 570. The Morgan fingerprint density at radius 1 is 1.37 bits per heavy atom. The van der Waals surface area contributed by atoms with Crippen LogP contribution < -0.4 is 10.5 Å². The van der Waals surface area contributed by atoms with Gasteiger partial charge in [0.15, 0.2) is 0 Å². The number of primary sulfonamides is 1. The second kappa shape index (κ2) is 6.36. The summed E-state index contributed by atoms with van der Waals surface area (Å²) in [5.41, 5.74) is 0.181. The van der Waals surface area contributed by atoms with Gasteiger partial charge in [0.25, 0.3) is 5.91 Å². The molecule has 19 heavy (non-hydrogen) atoms. The van der Waals surface area contributed by atoms with Gasteiger partial charge in [-0.2, -0.15) is 0 Å². The summed E-state index contributed by atoms with van der Waals surface area (Å²) in [5.74, 6) is 0.104. The molecule has 0 unspecified atom stereocenters. The molecule has 0 atom stereocenters. The van der Waals surface area contributed by atoms with Crippen LogP contribution in [0.15, 0.2) is 23.1 Å². The van der Waals surface area contributed by atoms with E-state index in [0.717, 1.165) is 6.42 Å². The summed E-state index contributed by atoms with van der Waals surface area (Å²) in [6.45, 7) is 4.61. The van der Waals surface area contributed by atoms with Crippen LogP contribution in [-0.4, -0.2) is 20.9 Å². The van der Waals surface area contributed by atoms with Crippen LogP contribution in [0.4, 0.5) is 0 Å². The van der Waals surface area contributed by atoms with Crippen LogP contribution in [0.25, 0.3) is 0 Å². The number of hydrogen-bond acceptors (Lipinski definition) is 3. The zero-order valence-electron chi connectivity index (χ0n) is 10.8. The standard InChI is InChI=1S/C12H17ClN2O3S/c1-8(2)3-4-15-12(16)9-5-10(13)7-11(6-9)19(14,17)18/h5-8H,3-4H2,1-2H3,(H,15,16)(H2,14,17,18). The van der Waals surface area contributed by atoms with Crippen LogP contribution in [-0.2, 0) is 10.0 Å². The van der Waals surface area contributed by atoms with Crippen LogP contribution in [0.2, 0.25) is 5.02 Å². The van der Waals surface area contributed by atoms with Gasteiger partial charge in [-0.25, -0.2) is 13.6 Å². The third kappa shape index (κ3) is 5.18. The summed E-state index contributed by atoms with van der Waals surface area (Å²) in [5, 5.41) is 7.87. The van der Waals surface area contributed by atoms with Crippen molar-refractivity contribution in [2.75, 3.05) is 6.54 Å². The molecule has 0 spiro atoms. The fourth-order valence-electron chi connectivity index (χ4n) is 1.43. The van der Waals surface area contributed by atoms with E-state index >= 15 is 0 Å². The van der Waals surface area contributed by atoms with E-state index < -0.39 is 10.0 Å². The van der Waals surface area contributed by atoms with Crippen molar-refractivity contribution < 1.29 is 13.2 Å². The molecule has 0 aliphatic rings. The number of rotatable bonds is 5. The predicted molar refractivity (Wildman–Crippen MR) is 74.6 cm³/mol. The van der Waals surface area contributed by atoms with Crippen molar-refractivity contribution in [3.63, 3.8) is 0 Å². The molecule has 0 heterocycles. The van der Waals surface area contributed by atoms with Crippen molar-refractivity contribution in [1.29, 1.82) is 0 Å². The Balaban J connectivity index is 2.89. The van der Waals surface area contributed by atoms with Crippen molar-refractivity contribution in [2.45, 2.75) is 25.2 Å². The van der Waals surface area contributed by atoms with Gasteiger partial charge in [0.1, 0.15) is 0 Å². The Kier molecular flexibility index (Phi) is 5.34. The third-order valence-electron chi connectivity index (χ3n) is 2.47. The number of halogens is 1. The second-order valence-electron chi connectivity index (χ2n) is 4.66. The third-order valence-corrected chi connectivity index (χ3v) is 3.58. The summed E-state index contributed by atoms with van der Waals surface area (Å²) < 4.78 is 22.5. The highest BCUT2D eigenvalue weighted by Crippen LogP contribution is 2.18. The minimum absolute atomic E-state index is 0.153. The van der Waals surface area contributed by atoms with Gasteiger partial charge in [-0.3, -0.25) is 4.79 Å². The average molecular weight is 305 g/mol. The number of benzene rings is 1. The number of carbonyl (C=O) groups excluding carboxylic acids is 1. The van der Waals surface area contributed by atoms with Crippen LogP contribution in [0.3, 0.4) is 0 Å². The Morgan fingerprint density at radius 2 is 2.00 bits per heavy atom. The summed E-state index contributed by atoms with van der Waals surface area (Å²) in [7, 11) is -3.88. The first-order valence-electron chi connectivity index (χ1n) is 5.81. The maximum atomic E-state index is 11.9. The summed E-state index contributed by atoms with van der Waals surface area (Å²) in [6, 6.07) is 3.83. The molecule has 1 aromatic rings. The molecule has 0 bridgehead atoms. The highest BCUT2D eigenvalue weighted by molar-refractivity contribution is 7.89. The molecular weight excluding hydrogens is 288 g/mol. The van der Waals surface area contributed by atoms with Crippen molar-refractivity contribution >= 4 is 27.5 Å². The molecular formula is C12H17ClN2O3S. The number of sulfonamides is 1. The number of nitrogens with one attached hydrogen (secondary N) is 1. The maximum Gasteiger partial charge on any atom is 0.251 e. The molecule has 0 aliphatic heterocycles. The zero-order chi connectivity index (χ0) is 14.6. The average Bonchev–Trinajstić information content (AvgIpc) is 2.26. The smallest absolute Gasteiger partial charge is 0.251 e. The number of carbonyl (C=O) groups is 1. The molecule has 0 aromatic heterocycles. The molecule has 0 fully saturated rings. The molecule has 1 aromatic carbocycles. The van der Waals surface area contributed by atoms with Gasteiger partial charge in [0.2, 0.25) is 10.0 Å². The molecule has 1 amide bonds. The highest BCUT2D eigenvalue weighted by atomic mass is 35.5. The normalized spacial score (nSPS) is 11.6. The maximum absolute atomic E-state index is 11.9. The molecule has 0 aliphatic carbocycles. The van der Waals surface area contributed by atoms with E-state index in [0.29, 0.717) is 12.5 Å². The molecule has 0 saturated carbocycles. The van der Waals surface area contributed by atoms with Crippen molar-refractivity contribution in [2.24, 2.45) is 11.1 Å². The lowest BCUT2D eigenvalue weighted by Crippen LogP contribution is -2.25. The number of nitrogens with two attached hydrogens (primary N) is 1. The fraction of sp³-hybridized carbons (Fsp3) is 0.417. The van der Waals surface area contributed by atoms with Gasteiger partial charge in [-0.05, 0) is 30.5 Å². The molecule has 5 nitrogen and oxygen atoms in total. The predicted octanol–water partition coefficient (Wildman–Crippen LogP) is 1.76. The highest BCUT2D eigenvalue weighted by Gasteiger charge is 2.14. The van der Waals surface area contributed by atoms with Gasteiger partial charge in [-0.15, -0.1) is 0 Å². The molecule has 7 heteroatoms. The van der Waals surface area contributed by atoms with Crippen molar-refractivity contribution in [1.82, 2.24) is 5.32 Å². The van der Waals surface area contributed by atoms with E-state index in [2.05, 4.69) is 5.32 Å². The SMILES string of the molecule is CC(C)CCNC(=O)c1cc(Cl)cc(S(N)(=O)=O)c1. The molecule has 0 radical (unpaired) electrons. The minimum Gasteiger partial charge on any atom is -0.352 e. The van der Waals surface area contributed by atoms with Gasteiger partial charge in [0.05, 0.1) is 4.90 Å². The topological polar surface area (TPSA) is 89.3 Å². The first-order valence-corrected chi connectivity index (χ1v) is 7.74. The first-order chi connectivity index (χ1) is 8.70. The molecule has 106 valence electrons. The van der Waals surface area contributed by atoms with E-state index in [1.807, 2.05) is 13.8 Å². The largest absolute Gasteiger partial charge is 0.352 e. The van der Waals surface area contributed by atoms with E-state index in [1.165, 1.54) is 18.2 Å². The Morgan fingerprint density at radius 3 is 2.53 bits per heavy atom. The molecule has 1 rings (SSSR count). The van der Waals surface area contributed by atoms with Crippen LogP contribution in [0.1, 0.15) is 30.6 Å². The Labute approximate surface area is 118 Å². The second-order valence-corrected chi connectivity index (χ2v) is 6.66. The lowest BCUT2D eigenvalue weighted by molar-refractivity contribution is 0.0952. The van der Waals surface area contributed by atoms with Crippen LogP contribution >= 0.6 is 11.6 Å². The number of amides is 1. The zero-order valence-corrected chi connectivity index (χ0v) is 12.4. The lowest BCUT2D eigenvalue weighted by Gasteiger charge is -2.08. The molecule has 0 saturated heterocycles. The quantitative estimate of drug-likeness (QED) is 0.868. The van der Waals surface area contributed by atoms with Gasteiger partial charge in [0, 0.05) is 17.1 Å². The van der Waals surface area contributed by atoms with Crippen molar-refractivity contribution in [3.05, 3.63) is 28.8 Å². The van der Waals surface area contributed by atoms with Gasteiger partial charge in [-0.1, -0.05) is 25.4 Å². The van der Waals surface area contributed by atoms with Crippen LogP contribution in [0, 0.1) is 5.92 Å². The van der Waals surface area contributed by atoms with Gasteiger partial charge >= 0.3 is 0 Å². The Hall–Kier alpha value is -1.11. The van der Waals surface area contributed by atoms with Gasteiger partial charge < -0.3 is 5.32 Å². The monoisotopic (exact) mass is 304 g/mol. The lowest BCUT2D eigenvalue weighted by atomic mass is 10.1. The van der Waals surface area contributed by atoms with E-state index in [1.54, 1.807) is 0 Å². The summed E-state index contributed by atoms with van der Waals surface area (Å²) in [4.78, 5) is 11.7. The summed E-state index contributed by atoms with van der Waals surface area (Å²) >= 11 is 5.78. The van der Waals surface area contributed by atoms with E-state index in [4.69, 9.17) is 16.7 Å². The number of hydrogen-bond donors (Lipinski definition) is 2. The summed E-state index contributed by atoms with van der Waals surface area (Å²) in [6.07, 6.45) is 0.842. The minimum atomic E-state index is -3.88. The first kappa shape index (κ1) is 15.9. The van der Waals surface area contributed by atoms with E-state index in [9.17, 15) is 13.2 Å². The fourth-order valence-corrected chi connectivity index (χ4v) is 2.32.